The maximum Gasteiger partial charge on any atom is 0.325 e. The van der Waals surface area contributed by atoms with Crippen molar-refractivity contribution in [1.29, 1.82) is 0 Å². The fourth-order valence-corrected chi connectivity index (χ4v) is 6.12. The van der Waals surface area contributed by atoms with Crippen molar-refractivity contribution >= 4 is 17.6 Å². The van der Waals surface area contributed by atoms with Crippen LogP contribution in [0.15, 0.2) is 12.1 Å². The van der Waals surface area contributed by atoms with Gasteiger partial charge in [0.05, 0.1) is 5.69 Å². The highest BCUT2D eigenvalue weighted by Crippen LogP contribution is 2.56. The van der Waals surface area contributed by atoms with Gasteiger partial charge >= 0.3 is 6.03 Å². The Morgan fingerprint density at radius 3 is 2.33 bits per heavy atom. The Hall–Kier alpha value is -2.22. The molecule has 8 heteroatoms. The number of carbonyl (C=O) groups is 2. The zero-order chi connectivity index (χ0) is 23.2. The van der Waals surface area contributed by atoms with Gasteiger partial charge in [-0.25, -0.2) is 13.6 Å². The summed E-state index contributed by atoms with van der Waals surface area (Å²) in [4.78, 5) is 30.6. The van der Waals surface area contributed by atoms with Crippen molar-refractivity contribution in [2.24, 2.45) is 5.41 Å². The Morgan fingerprint density at radius 2 is 1.70 bits per heavy atom. The average Bonchev–Trinajstić information content (AvgIpc) is 3.55. The first-order chi connectivity index (χ1) is 15.8. The average molecular weight is 461 g/mol. The van der Waals surface area contributed by atoms with E-state index >= 15 is 0 Å². The van der Waals surface area contributed by atoms with Gasteiger partial charge in [0.25, 0.3) is 0 Å². The number of urea groups is 1. The molecule has 0 atom stereocenters. The van der Waals surface area contributed by atoms with E-state index in [1.54, 1.807) is 9.80 Å². The van der Waals surface area contributed by atoms with Crippen LogP contribution in [0.1, 0.15) is 63.9 Å². The fraction of sp³-hybridized carbons (Fsp3) is 0.680. The topological polar surface area (TPSA) is 55.9 Å². The highest BCUT2D eigenvalue weighted by molar-refractivity contribution is 5.95. The van der Waals surface area contributed by atoms with Gasteiger partial charge in [0.1, 0.15) is 0 Å². The number of hydrogen-bond donors (Lipinski definition) is 1. The van der Waals surface area contributed by atoms with Gasteiger partial charge in [-0.1, -0.05) is 0 Å². The number of nitrogens with one attached hydrogen (secondary N) is 1. The zero-order valence-corrected chi connectivity index (χ0v) is 19.4. The Morgan fingerprint density at radius 1 is 1.03 bits per heavy atom. The van der Waals surface area contributed by atoms with Gasteiger partial charge in [-0.3, -0.25) is 9.69 Å². The first kappa shape index (κ1) is 22.6. The van der Waals surface area contributed by atoms with E-state index < -0.39 is 11.6 Å². The van der Waals surface area contributed by atoms with E-state index in [0.717, 1.165) is 25.9 Å². The van der Waals surface area contributed by atoms with Gasteiger partial charge in [0.2, 0.25) is 5.91 Å². The van der Waals surface area contributed by atoms with Crippen molar-refractivity contribution in [2.75, 3.05) is 31.1 Å². The number of carbonyl (C=O) groups excluding carboxylic acids is 2. The summed E-state index contributed by atoms with van der Waals surface area (Å²) in [5, 5.41) is 2.71. The molecular formula is C25H34F2N4O2. The molecule has 5 rings (SSSR count). The van der Waals surface area contributed by atoms with Crippen LogP contribution in [0.4, 0.5) is 19.3 Å². The molecular weight excluding hydrogens is 426 g/mol. The fourth-order valence-electron chi connectivity index (χ4n) is 6.12. The third kappa shape index (κ3) is 4.59. The largest absolute Gasteiger partial charge is 0.355 e. The number of hydrogen-bond acceptors (Lipinski definition) is 3. The van der Waals surface area contributed by atoms with Gasteiger partial charge in [-0.05, 0) is 68.4 Å². The van der Waals surface area contributed by atoms with Crippen molar-refractivity contribution in [1.82, 2.24) is 15.1 Å². The molecule has 0 bridgehead atoms. The third-order valence-electron chi connectivity index (χ3n) is 8.33. The monoisotopic (exact) mass is 460 g/mol. The zero-order valence-electron chi connectivity index (χ0n) is 19.4. The molecule has 180 valence electrons. The maximum absolute atomic E-state index is 14.2. The molecule has 3 fully saturated rings. The Kier molecular flexibility index (Phi) is 6.05. The van der Waals surface area contributed by atoms with Crippen LogP contribution in [-0.2, 0) is 11.3 Å². The SMILES string of the molecule is CC(=O)NCCN1Cc2cc(F)c(F)cc2N(C2CCN(C3CCC4(CC3)CC4)CC2)C1=O. The number of likely N-dealkylation sites (tertiary alicyclic amines) is 1. The summed E-state index contributed by atoms with van der Waals surface area (Å²) in [6.07, 6.45) is 9.72. The Labute approximate surface area is 194 Å². The second-order valence-corrected chi connectivity index (χ2v) is 10.5. The molecule has 1 saturated heterocycles. The van der Waals surface area contributed by atoms with Crippen molar-refractivity contribution in [3.05, 3.63) is 29.3 Å². The number of nitrogens with zero attached hydrogens (tertiary/aromatic N) is 3. The van der Waals surface area contributed by atoms with Crippen LogP contribution < -0.4 is 10.2 Å². The second-order valence-electron chi connectivity index (χ2n) is 10.5. The number of amides is 3. The number of halogens is 2. The van der Waals surface area contributed by atoms with E-state index in [1.165, 1.54) is 57.6 Å². The number of anilines is 1. The molecule has 4 aliphatic rings. The van der Waals surface area contributed by atoms with Crippen LogP contribution >= 0.6 is 0 Å². The summed E-state index contributed by atoms with van der Waals surface area (Å²) in [5.41, 5.74) is 1.78. The molecule has 1 aromatic carbocycles. The summed E-state index contributed by atoms with van der Waals surface area (Å²) < 4.78 is 28.2. The molecule has 2 aliphatic heterocycles. The molecule has 2 saturated carbocycles. The van der Waals surface area contributed by atoms with Gasteiger partial charge in [-0.15, -0.1) is 0 Å². The summed E-state index contributed by atoms with van der Waals surface area (Å²) in [5.74, 6) is -1.98. The Balaban J connectivity index is 1.29. The molecule has 6 nitrogen and oxygen atoms in total. The minimum Gasteiger partial charge on any atom is -0.355 e. The van der Waals surface area contributed by atoms with Crippen molar-refractivity contribution in [3.8, 4) is 0 Å². The molecule has 3 amide bonds. The molecule has 1 spiro atoms. The first-order valence-electron chi connectivity index (χ1n) is 12.4. The van der Waals surface area contributed by atoms with Gasteiger partial charge in [-0.2, -0.15) is 0 Å². The molecule has 0 radical (unpaired) electrons. The van der Waals surface area contributed by atoms with Crippen LogP contribution in [0.5, 0.6) is 0 Å². The molecule has 1 N–H and O–H groups in total. The smallest absolute Gasteiger partial charge is 0.325 e. The molecule has 1 aromatic rings. The summed E-state index contributed by atoms with van der Waals surface area (Å²) in [7, 11) is 0. The van der Waals surface area contributed by atoms with E-state index in [4.69, 9.17) is 0 Å². The van der Waals surface area contributed by atoms with Crippen LogP contribution in [0, 0.1) is 17.0 Å². The lowest BCUT2D eigenvalue weighted by molar-refractivity contribution is -0.119. The standard InChI is InChI=1S/C25H34F2N4O2/c1-17(32)28-10-13-30-16-18-14-21(26)22(27)15-23(18)31(24(30)33)20-4-11-29(12-5-20)19-2-6-25(7-3-19)8-9-25/h14-15,19-20H,2-13,16H2,1H3,(H,28,32). The summed E-state index contributed by atoms with van der Waals surface area (Å²) in [6.45, 7) is 4.16. The third-order valence-corrected chi connectivity index (χ3v) is 8.33. The van der Waals surface area contributed by atoms with E-state index in [0.29, 0.717) is 35.8 Å². The molecule has 33 heavy (non-hydrogen) atoms. The molecule has 2 heterocycles. The van der Waals surface area contributed by atoms with Crippen molar-refractivity contribution in [3.63, 3.8) is 0 Å². The van der Waals surface area contributed by atoms with E-state index in [-0.39, 0.29) is 24.5 Å². The number of rotatable bonds is 5. The lowest BCUT2D eigenvalue weighted by atomic mass is 9.82. The van der Waals surface area contributed by atoms with Crippen LogP contribution in [0.3, 0.4) is 0 Å². The number of fused-ring (bicyclic) bond motifs is 1. The number of benzene rings is 1. The second kappa shape index (κ2) is 8.85. The van der Waals surface area contributed by atoms with Crippen LogP contribution in [0.2, 0.25) is 0 Å². The van der Waals surface area contributed by atoms with Crippen molar-refractivity contribution < 1.29 is 18.4 Å². The van der Waals surface area contributed by atoms with E-state index in [2.05, 4.69) is 10.2 Å². The van der Waals surface area contributed by atoms with Gasteiger partial charge in [0, 0.05) is 57.8 Å². The Bertz CT molecular complexity index is 917. The summed E-state index contributed by atoms with van der Waals surface area (Å²) >= 11 is 0. The highest BCUT2D eigenvalue weighted by atomic mass is 19.2. The van der Waals surface area contributed by atoms with Crippen LogP contribution in [-0.4, -0.2) is 60.0 Å². The maximum atomic E-state index is 14.2. The van der Waals surface area contributed by atoms with Gasteiger partial charge in [0.15, 0.2) is 11.6 Å². The normalized spacial score (nSPS) is 23.7. The molecule has 0 unspecified atom stereocenters. The predicted octanol–water partition coefficient (Wildman–Crippen LogP) is 4.03. The van der Waals surface area contributed by atoms with Gasteiger partial charge < -0.3 is 15.1 Å². The lowest BCUT2D eigenvalue weighted by Gasteiger charge is -2.46. The van der Waals surface area contributed by atoms with Crippen molar-refractivity contribution in [2.45, 2.75) is 76.9 Å². The number of piperidine rings is 1. The van der Waals surface area contributed by atoms with E-state index in [9.17, 15) is 18.4 Å². The minimum atomic E-state index is -0.924. The molecule has 0 aromatic heterocycles. The van der Waals surface area contributed by atoms with E-state index in [1.807, 2.05) is 0 Å². The predicted molar refractivity (Wildman–Crippen MR) is 122 cm³/mol. The van der Waals surface area contributed by atoms with Crippen LogP contribution in [0.25, 0.3) is 0 Å². The lowest BCUT2D eigenvalue weighted by Crippen LogP contribution is -2.56. The highest BCUT2D eigenvalue weighted by Gasteiger charge is 2.46. The molecule has 2 aliphatic carbocycles. The minimum absolute atomic E-state index is 0.0423. The quantitative estimate of drug-likeness (QED) is 0.722. The first-order valence-corrected chi connectivity index (χ1v) is 12.4. The summed E-state index contributed by atoms with van der Waals surface area (Å²) in [6, 6.07) is 2.80.